The van der Waals surface area contributed by atoms with Gasteiger partial charge in [0.1, 0.15) is 11.6 Å². The van der Waals surface area contributed by atoms with Crippen LogP contribution in [0.15, 0.2) is 24.3 Å². The number of hydrogen-bond acceptors (Lipinski definition) is 3. The second kappa shape index (κ2) is 5.39. The van der Waals surface area contributed by atoms with Gasteiger partial charge in [-0.15, -0.1) is 0 Å². The van der Waals surface area contributed by atoms with Crippen LogP contribution in [0.3, 0.4) is 0 Å². The standard InChI is InChI=1S/C14H18ClNO2/c1-16-14(10-6-3-4-7-11(10)15)9-5-8-12(18-2)13(14)17/h3-4,6-7,12,16H,5,8-9H2,1-2H3. The Hall–Kier alpha value is -0.900. The van der Waals surface area contributed by atoms with Crippen LogP contribution in [0.2, 0.25) is 5.02 Å². The predicted octanol–water partition coefficient (Wildman–Crippen LogP) is 2.52. The molecule has 0 heterocycles. The van der Waals surface area contributed by atoms with Gasteiger partial charge in [-0.05, 0) is 37.9 Å². The lowest BCUT2D eigenvalue weighted by molar-refractivity contribution is -0.139. The maximum absolute atomic E-state index is 12.6. The van der Waals surface area contributed by atoms with Crippen LogP contribution < -0.4 is 5.32 Å². The van der Waals surface area contributed by atoms with E-state index in [0.717, 1.165) is 24.8 Å². The molecule has 1 aliphatic carbocycles. The number of carbonyl (C=O) groups excluding carboxylic acids is 1. The van der Waals surface area contributed by atoms with Gasteiger partial charge in [-0.2, -0.15) is 0 Å². The summed E-state index contributed by atoms with van der Waals surface area (Å²) in [5.74, 6) is 0.0758. The van der Waals surface area contributed by atoms with E-state index in [-0.39, 0.29) is 11.9 Å². The predicted molar refractivity (Wildman–Crippen MR) is 71.8 cm³/mol. The Balaban J connectivity index is 2.48. The van der Waals surface area contributed by atoms with Gasteiger partial charge in [0.15, 0.2) is 5.78 Å². The molecule has 1 aromatic carbocycles. The maximum Gasteiger partial charge on any atom is 0.186 e. The third-order valence-corrected chi connectivity index (χ3v) is 4.11. The lowest BCUT2D eigenvalue weighted by Crippen LogP contribution is -2.54. The van der Waals surface area contributed by atoms with Gasteiger partial charge in [-0.1, -0.05) is 29.8 Å². The van der Waals surface area contributed by atoms with Crippen LogP contribution in [0, 0.1) is 0 Å². The molecular formula is C14H18ClNO2. The molecule has 2 atom stereocenters. The van der Waals surface area contributed by atoms with Gasteiger partial charge in [-0.25, -0.2) is 0 Å². The van der Waals surface area contributed by atoms with Gasteiger partial charge in [0.05, 0.1) is 0 Å². The van der Waals surface area contributed by atoms with E-state index >= 15 is 0 Å². The summed E-state index contributed by atoms with van der Waals surface area (Å²) in [4.78, 5) is 12.6. The van der Waals surface area contributed by atoms with Crippen LogP contribution in [0.25, 0.3) is 0 Å². The fraction of sp³-hybridized carbons (Fsp3) is 0.500. The first-order valence-electron chi connectivity index (χ1n) is 6.16. The molecule has 0 radical (unpaired) electrons. The monoisotopic (exact) mass is 267 g/mol. The van der Waals surface area contributed by atoms with E-state index in [0.29, 0.717) is 5.02 Å². The zero-order valence-corrected chi connectivity index (χ0v) is 11.5. The van der Waals surface area contributed by atoms with Crippen molar-refractivity contribution in [1.82, 2.24) is 5.32 Å². The molecule has 3 nitrogen and oxygen atoms in total. The minimum Gasteiger partial charge on any atom is -0.374 e. The summed E-state index contributed by atoms with van der Waals surface area (Å²) in [5.41, 5.74) is 0.137. The lowest BCUT2D eigenvalue weighted by atomic mass is 9.74. The fourth-order valence-electron chi connectivity index (χ4n) is 2.76. The molecule has 0 spiro atoms. The van der Waals surface area contributed by atoms with Crippen molar-refractivity contribution < 1.29 is 9.53 Å². The number of Topliss-reactive ketones (excluding diaryl/α,β-unsaturated/α-hetero) is 1. The van der Waals surface area contributed by atoms with Crippen molar-refractivity contribution in [3.8, 4) is 0 Å². The first kappa shape index (κ1) is 13.5. The van der Waals surface area contributed by atoms with E-state index in [9.17, 15) is 4.79 Å². The van der Waals surface area contributed by atoms with E-state index < -0.39 is 5.54 Å². The number of hydrogen-bond donors (Lipinski definition) is 1. The van der Waals surface area contributed by atoms with Crippen molar-refractivity contribution in [1.29, 1.82) is 0 Å². The van der Waals surface area contributed by atoms with Crippen molar-refractivity contribution in [2.24, 2.45) is 0 Å². The van der Waals surface area contributed by atoms with Crippen molar-refractivity contribution in [2.75, 3.05) is 14.2 Å². The molecule has 2 unspecified atom stereocenters. The van der Waals surface area contributed by atoms with Gasteiger partial charge in [0.25, 0.3) is 0 Å². The van der Waals surface area contributed by atoms with Crippen LogP contribution in [0.5, 0.6) is 0 Å². The van der Waals surface area contributed by atoms with E-state index in [1.54, 1.807) is 14.2 Å². The third-order valence-electron chi connectivity index (χ3n) is 3.78. The molecule has 98 valence electrons. The molecule has 2 rings (SSSR count). The Morgan fingerprint density at radius 3 is 2.78 bits per heavy atom. The topological polar surface area (TPSA) is 38.3 Å². The second-order valence-electron chi connectivity index (χ2n) is 4.62. The number of carbonyl (C=O) groups is 1. The molecule has 18 heavy (non-hydrogen) atoms. The SMILES string of the molecule is CNC1(c2ccccc2Cl)CCCC(OC)C1=O. The van der Waals surface area contributed by atoms with E-state index in [4.69, 9.17) is 16.3 Å². The van der Waals surface area contributed by atoms with E-state index in [1.165, 1.54) is 0 Å². The van der Waals surface area contributed by atoms with E-state index in [1.807, 2.05) is 24.3 Å². The van der Waals surface area contributed by atoms with Crippen LogP contribution in [-0.4, -0.2) is 26.0 Å². The van der Waals surface area contributed by atoms with Gasteiger partial charge in [0, 0.05) is 12.1 Å². The maximum atomic E-state index is 12.6. The Labute approximate surface area is 112 Å². The number of ether oxygens (including phenoxy) is 1. The largest absolute Gasteiger partial charge is 0.374 e. The first-order valence-corrected chi connectivity index (χ1v) is 6.54. The Morgan fingerprint density at radius 1 is 1.44 bits per heavy atom. The average molecular weight is 268 g/mol. The molecule has 4 heteroatoms. The molecule has 0 aliphatic heterocycles. The third kappa shape index (κ3) is 2.07. The summed E-state index contributed by atoms with van der Waals surface area (Å²) in [6.45, 7) is 0. The molecule has 0 aromatic heterocycles. The summed E-state index contributed by atoms with van der Waals surface area (Å²) in [6, 6.07) is 7.51. The smallest absolute Gasteiger partial charge is 0.186 e. The first-order chi connectivity index (χ1) is 8.65. The van der Waals surface area contributed by atoms with Gasteiger partial charge >= 0.3 is 0 Å². The van der Waals surface area contributed by atoms with Crippen molar-refractivity contribution in [2.45, 2.75) is 30.9 Å². The second-order valence-corrected chi connectivity index (χ2v) is 5.02. The Kier molecular flexibility index (Phi) is 4.05. The summed E-state index contributed by atoms with van der Waals surface area (Å²) in [7, 11) is 3.39. The normalized spacial score (nSPS) is 28.4. The van der Waals surface area contributed by atoms with Gasteiger partial charge in [-0.3, -0.25) is 4.79 Å². The summed E-state index contributed by atoms with van der Waals surface area (Å²) < 4.78 is 5.29. The molecule has 0 amide bonds. The van der Waals surface area contributed by atoms with Crippen molar-refractivity contribution >= 4 is 17.4 Å². The van der Waals surface area contributed by atoms with Crippen LogP contribution in [-0.2, 0) is 15.1 Å². The number of likely N-dealkylation sites (N-methyl/N-ethyl adjacent to an activating group) is 1. The Morgan fingerprint density at radius 2 is 2.17 bits per heavy atom. The number of ketones is 1. The number of nitrogens with one attached hydrogen (secondary N) is 1. The lowest BCUT2D eigenvalue weighted by Gasteiger charge is -2.39. The molecule has 0 bridgehead atoms. The van der Waals surface area contributed by atoms with Crippen molar-refractivity contribution in [3.63, 3.8) is 0 Å². The minimum atomic E-state index is -0.711. The summed E-state index contributed by atoms with van der Waals surface area (Å²) in [6.07, 6.45) is 2.13. The number of benzene rings is 1. The average Bonchev–Trinajstić information content (AvgIpc) is 2.40. The molecule has 1 aromatic rings. The molecule has 1 saturated carbocycles. The number of rotatable bonds is 3. The highest BCUT2D eigenvalue weighted by Gasteiger charge is 2.46. The highest BCUT2D eigenvalue weighted by molar-refractivity contribution is 6.31. The van der Waals surface area contributed by atoms with Crippen molar-refractivity contribution in [3.05, 3.63) is 34.9 Å². The molecular weight excluding hydrogens is 250 g/mol. The molecule has 1 aliphatic rings. The number of methoxy groups -OCH3 is 1. The van der Waals surface area contributed by atoms with Gasteiger partial charge in [0.2, 0.25) is 0 Å². The quantitative estimate of drug-likeness (QED) is 0.915. The molecule has 1 N–H and O–H groups in total. The van der Waals surface area contributed by atoms with Crippen LogP contribution in [0.1, 0.15) is 24.8 Å². The van der Waals surface area contributed by atoms with Gasteiger partial charge < -0.3 is 10.1 Å². The highest BCUT2D eigenvalue weighted by Crippen LogP contribution is 2.38. The zero-order valence-electron chi connectivity index (χ0n) is 10.7. The van der Waals surface area contributed by atoms with Crippen LogP contribution in [0.4, 0.5) is 0 Å². The minimum absolute atomic E-state index is 0.0758. The molecule has 1 fully saturated rings. The summed E-state index contributed by atoms with van der Waals surface area (Å²) in [5, 5.41) is 3.80. The fourth-order valence-corrected chi connectivity index (χ4v) is 3.06. The van der Waals surface area contributed by atoms with E-state index in [2.05, 4.69) is 5.32 Å². The summed E-state index contributed by atoms with van der Waals surface area (Å²) >= 11 is 6.25. The zero-order chi connectivity index (χ0) is 13.2. The van der Waals surface area contributed by atoms with Crippen LogP contribution >= 0.6 is 11.6 Å². The Bertz CT molecular complexity index is 449. The number of halogens is 1. The highest BCUT2D eigenvalue weighted by atomic mass is 35.5. The molecule has 0 saturated heterocycles.